The van der Waals surface area contributed by atoms with E-state index in [1.54, 1.807) is 0 Å². The summed E-state index contributed by atoms with van der Waals surface area (Å²) in [5, 5.41) is 11.6. The van der Waals surface area contributed by atoms with Gasteiger partial charge in [-0.15, -0.1) is 0 Å². The number of hydrogen-bond donors (Lipinski definition) is 2. The molecule has 1 aliphatic heterocycles. The topological polar surface area (TPSA) is 58.6 Å². The highest BCUT2D eigenvalue weighted by Gasteiger charge is 2.22. The molecule has 1 atom stereocenters. The summed E-state index contributed by atoms with van der Waals surface area (Å²) >= 11 is 0. The summed E-state index contributed by atoms with van der Waals surface area (Å²) in [6, 6.07) is 7.40. The third kappa shape index (κ3) is 4.09. The van der Waals surface area contributed by atoms with Crippen LogP contribution < -0.4 is 5.32 Å². The van der Waals surface area contributed by atoms with E-state index in [0.717, 1.165) is 24.8 Å². The molecule has 0 radical (unpaired) electrons. The summed E-state index contributed by atoms with van der Waals surface area (Å²) in [7, 11) is 0. The molecule has 1 aromatic carbocycles. The lowest BCUT2D eigenvalue weighted by atomic mass is 10.1. The van der Waals surface area contributed by atoms with Crippen molar-refractivity contribution in [2.75, 3.05) is 18.5 Å². The smallest absolute Gasteiger partial charge is 0.253 e. The molecule has 1 aromatic rings. The fraction of sp³-hybridized carbons (Fsp3) is 0.438. The number of benzene rings is 1. The van der Waals surface area contributed by atoms with Gasteiger partial charge in [0.15, 0.2) is 0 Å². The lowest BCUT2D eigenvalue weighted by Crippen LogP contribution is -2.33. The average molecular weight is 273 g/mol. The lowest BCUT2D eigenvalue weighted by molar-refractivity contribution is -0.129. The Morgan fingerprint density at radius 2 is 2.25 bits per heavy atom. The molecule has 106 valence electrons. The van der Waals surface area contributed by atoms with E-state index in [0.29, 0.717) is 18.7 Å². The molecule has 0 aliphatic carbocycles. The number of aliphatic hydroxyl groups is 1. The van der Waals surface area contributed by atoms with E-state index < -0.39 is 0 Å². The highest BCUT2D eigenvalue weighted by Crippen LogP contribution is 2.18. The van der Waals surface area contributed by atoms with Crippen LogP contribution in [0.5, 0.6) is 0 Å². The first-order valence-corrected chi connectivity index (χ1v) is 6.92. The van der Waals surface area contributed by atoms with Crippen molar-refractivity contribution in [1.82, 2.24) is 0 Å². The molecule has 4 heteroatoms. The van der Waals surface area contributed by atoms with Gasteiger partial charge < -0.3 is 15.2 Å². The van der Waals surface area contributed by atoms with E-state index in [9.17, 15) is 4.79 Å². The zero-order chi connectivity index (χ0) is 14.2. The molecule has 4 nitrogen and oxygen atoms in total. The minimum atomic E-state index is -0.359. The first kappa shape index (κ1) is 14.6. The second-order valence-electron chi connectivity index (χ2n) is 4.67. The first-order chi connectivity index (χ1) is 9.81. The van der Waals surface area contributed by atoms with Crippen molar-refractivity contribution in [1.29, 1.82) is 0 Å². The van der Waals surface area contributed by atoms with Gasteiger partial charge in [0.1, 0.15) is 6.10 Å². The number of hydrogen-bond acceptors (Lipinski definition) is 3. The van der Waals surface area contributed by atoms with Crippen LogP contribution >= 0.6 is 0 Å². The largest absolute Gasteiger partial charge is 0.395 e. The summed E-state index contributed by atoms with van der Waals surface area (Å²) in [6.07, 6.45) is 2.88. The average Bonchev–Trinajstić information content (AvgIpc) is 2.50. The van der Waals surface area contributed by atoms with E-state index in [1.165, 1.54) is 0 Å². The SMILES string of the molecule is O=C(Nc1ccccc1C#CCCO)C1CCCCO1. The van der Waals surface area contributed by atoms with Crippen LogP contribution in [0, 0.1) is 11.8 Å². The van der Waals surface area contributed by atoms with E-state index in [1.807, 2.05) is 24.3 Å². The number of rotatable bonds is 3. The summed E-state index contributed by atoms with van der Waals surface area (Å²) < 4.78 is 5.47. The molecule has 2 rings (SSSR count). The van der Waals surface area contributed by atoms with E-state index in [4.69, 9.17) is 9.84 Å². The number of ether oxygens (including phenoxy) is 1. The van der Waals surface area contributed by atoms with Crippen LogP contribution in [0.2, 0.25) is 0 Å². The van der Waals surface area contributed by atoms with E-state index in [-0.39, 0.29) is 18.6 Å². The Morgan fingerprint density at radius 1 is 1.40 bits per heavy atom. The highest BCUT2D eigenvalue weighted by molar-refractivity contribution is 5.95. The van der Waals surface area contributed by atoms with Crippen LogP contribution in [0.1, 0.15) is 31.2 Å². The van der Waals surface area contributed by atoms with Crippen LogP contribution in [0.4, 0.5) is 5.69 Å². The van der Waals surface area contributed by atoms with Gasteiger partial charge >= 0.3 is 0 Å². The van der Waals surface area contributed by atoms with Gasteiger partial charge in [0.05, 0.1) is 12.3 Å². The maximum absolute atomic E-state index is 12.1. The second kappa shape index (κ2) is 7.68. The van der Waals surface area contributed by atoms with Crippen molar-refractivity contribution >= 4 is 11.6 Å². The molecule has 0 bridgehead atoms. The van der Waals surface area contributed by atoms with Crippen LogP contribution in [0.3, 0.4) is 0 Å². The fourth-order valence-electron chi connectivity index (χ4n) is 2.08. The maximum Gasteiger partial charge on any atom is 0.253 e. The normalized spacial score (nSPS) is 17.9. The van der Waals surface area contributed by atoms with Gasteiger partial charge in [-0.1, -0.05) is 24.0 Å². The summed E-state index contributed by atoms with van der Waals surface area (Å²) in [4.78, 5) is 12.1. The van der Waals surface area contributed by atoms with Gasteiger partial charge in [0.2, 0.25) is 0 Å². The second-order valence-corrected chi connectivity index (χ2v) is 4.67. The Balaban J connectivity index is 2.05. The Labute approximate surface area is 119 Å². The van der Waals surface area contributed by atoms with Gasteiger partial charge in [0, 0.05) is 18.6 Å². The number of para-hydroxylation sites is 1. The van der Waals surface area contributed by atoms with Crippen LogP contribution in [0.15, 0.2) is 24.3 Å². The lowest BCUT2D eigenvalue weighted by Gasteiger charge is -2.21. The molecule has 0 spiro atoms. The summed E-state index contributed by atoms with van der Waals surface area (Å²) in [5.74, 6) is 5.71. The highest BCUT2D eigenvalue weighted by atomic mass is 16.5. The van der Waals surface area contributed by atoms with Crippen molar-refractivity contribution < 1.29 is 14.6 Å². The Kier molecular flexibility index (Phi) is 5.60. The molecule has 1 unspecified atom stereocenters. The molecule has 20 heavy (non-hydrogen) atoms. The third-order valence-corrected chi connectivity index (χ3v) is 3.12. The van der Waals surface area contributed by atoms with Gasteiger partial charge in [-0.3, -0.25) is 4.79 Å². The molecular weight excluding hydrogens is 254 g/mol. The number of aliphatic hydroxyl groups excluding tert-OH is 1. The third-order valence-electron chi connectivity index (χ3n) is 3.12. The molecule has 0 saturated carbocycles. The van der Waals surface area contributed by atoms with Crippen LogP contribution in [0.25, 0.3) is 0 Å². The molecule has 1 fully saturated rings. The zero-order valence-corrected chi connectivity index (χ0v) is 11.4. The fourth-order valence-corrected chi connectivity index (χ4v) is 2.08. The minimum Gasteiger partial charge on any atom is -0.395 e. The summed E-state index contributed by atoms with van der Waals surface area (Å²) in [6.45, 7) is 0.688. The van der Waals surface area contributed by atoms with Crippen molar-refractivity contribution in [3.05, 3.63) is 29.8 Å². The molecule has 1 heterocycles. The van der Waals surface area contributed by atoms with Crippen LogP contribution in [-0.2, 0) is 9.53 Å². The standard InChI is InChI=1S/C16H19NO3/c18-11-5-3-8-13-7-1-2-9-14(13)17-16(19)15-10-4-6-12-20-15/h1-2,7,9,15,18H,4-6,10-12H2,(H,17,19). The number of anilines is 1. The quantitative estimate of drug-likeness (QED) is 0.827. The van der Waals surface area contributed by atoms with Crippen molar-refractivity contribution in [3.63, 3.8) is 0 Å². The molecule has 0 aromatic heterocycles. The number of carbonyl (C=O) groups is 1. The van der Waals surface area contributed by atoms with Gasteiger partial charge in [0.25, 0.3) is 5.91 Å². The molecular formula is C16H19NO3. The zero-order valence-electron chi connectivity index (χ0n) is 11.4. The van der Waals surface area contributed by atoms with Gasteiger partial charge in [-0.25, -0.2) is 0 Å². The van der Waals surface area contributed by atoms with Crippen molar-refractivity contribution in [2.24, 2.45) is 0 Å². The Bertz CT molecular complexity index is 510. The molecule has 1 aliphatic rings. The van der Waals surface area contributed by atoms with Gasteiger partial charge in [-0.2, -0.15) is 0 Å². The maximum atomic E-state index is 12.1. The Morgan fingerprint density at radius 3 is 3.00 bits per heavy atom. The monoisotopic (exact) mass is 273 g/mol. The minimum absolute atomic E-state index is 0.0391. The predicted octanol–water partition coefficient (Wildman–Crippen LogP) is 1.93. The molecule has 2 N–H and O–H groups in total. The van der Waals surface area contributed by atoms with Crippen molar-refractivity contribution in [3.8, 4) is 11.8 Å². The molecule has 1 saturated heterocycles. The van der Waals surface area contributed by atoms with Crippen molar-refractivity contribution in [2.45, 2.75) is 31.8 Å². The first-order valence-electron chi connectivity index (χ1n) is 6.92. The number of amides is 1. The predicted molar refractivity (Wildman–Crippen MR) is 77.2 cm³/mol. The number of carbonyl (C=O) groups excluding carboxylic acids is 1. The van der Waals surface area contributed by atoms with Gasteiger partial charge in [-0.05, 0) is 31.4 Å². The van der Waals surface area contributed by atoms with E-state index >= 15 is 0 Å². The number of nitrogens with one attached hydrogen (secondary N) is 1. The van der Waals surface area contributed by atoms with E-state index in [2.05, 4.69) is 17.2 Å². The molecule has 1 amide bonds. The Hall–Kier alpha value is -1.83. The summed E-state index contributed by atoms with van der Waals surface area (Å²) in [5.41, 5.74) is 1.45. The van der Waals surface area contributed by atoms with Crippen LogP contribution in [-0.4, -0.2) is 30.3 Å².